The number of carbonyl (C=O) groups is 2. The van der Waals surface area contributed by atoms with Gasteiger partial charge in [0.25, 0.3) is 0 Å². The van der Waals surface area contributed by atoms with Gasteiger partial charge in [0.2, 0.25) is 0 Å². The van der Waals surface area contributed by atoms with Gasteiger partial charge in [-0.1, -0.05) is 6.42 Å². The van der Waals surface area contributed by atoms with E-state index in [9.17, 15) is 9.59 Å². The van der Waals surface area contributed by atoms with Crippen LogP contribution in [0.4, 0.5) is 4.79 Å². The van der Waals surface area contributed by atoms with E-state index in [4.69, 9.17) is 5.11 Å². The Morgan fingerprint density at radius 3 is 2.64 bits per heavy atom. The lowest BCUT2D eigenvalue weighted by atomic mass is 9.85. The summed E-state index contributed by atoms with van der Waals surface area (Å²) in [5.74, 6) is -0.837. The lowest BCUT2D eigenvalue weighted by molar-refractivity contribution is -0.148. The van der Waals surface area contributed by atoms with E-state index in [1.54, 1.807) is 6.92 Å². The maximum absolute atomic E-state index is 11.1. The molecule has 3 N–H and O–H groups in total. The molecular formula is C9H16N2O3. The van der Waals surface area contributed by atoms with Crippen molar-refractivity contribution in [2.24, 2.45) is 5.41 Å². The molecule has 0 saturated heterocycles. The van der Waals surface area contributed by atoms with Crippen molar-refractivity contribution in [3.05, 3.63) is 0 Å². The van der Waals surface area contributed by atoms with E-state index < -0.39 is 11.4 Å². The van der Waals surface area contributed by atoms with Crippen LogP contribution in [0.5, 0.6) is 0 Å². The van der Waals surface area contributed by atoms with Gasteiger partial charge in [0.1, 0.15) is 0 Å². The summed E-state index contributed by atoms with van der Waals surface area (Å²) in [5, 5.41) is 14.2. The van der Waals surface area contributed by atoms with Gasteiger partial charge in [-0.3, -0.25) is 4.79 Å². The van der Waals surface area contributed by atoms with Crippen LogP contribution in [0.15, 0.2) is 0 Å². The highest BCUT2D eigenvalue weighted by Crippen LogP contribution is 2.38. The van der Waals surface area contributed by atoms with Gasteiger partial charge in [-0.2, -0.15) is 0 Å². The zero-order valence-electron chi connectivity index (χ0n) is 8.46. The standard InChI is InChI=1S/C9H16N2O3/c1-9(7(12)13)5-3-4-6(9)11-8(14)10-2/h6H,3-5H2,1-2H3,(H,12,13)(H2,10,11,14). The van der Waals surface area contributed by atoms with Crippen molar-refractivity contribution in [3.63, 3.8) is 0 Å². The monoisotopic (exact) mass is 200 g/mol. The van der Waals surface area contributed by atoms with E-state index in [2.05, 4.69) is 10.6 Å². The molecule has 2 unspecified atom stereocenters. The summed E-state index contributed by atoms with van der Waals surface area (Å²) in [6.07, 6.45) is 2.20. The minimum atomic E-state index is -0.837. The lowest BCUT2D eigenvalue weighted by Gasteiger charge is -2.27. The first-order valence-electron chi connectivity index (χ1n) is 4.72. The quantitative estimate of drug-likeness (QED) is 0.609. The Balaban J connectivity index is 2.68. The molecule has 1 rings (SSSR count). The Hall–Kier alpha value is -1.26. The molecule has 2 amide bonds. The highest BCUT2D eigenvalue weighted by Gasteiger charge is 2.45. The second-order valence-corrected chi connectivity index (χ2v) is 3.89. The summed E-state index contributed by atoms with van der Waals surface area (Å²) < 4.78 is 0. The van der Waals surface area contributed by atoms with Crippen molar-refractivity contribution in [3.8, 4) is 0 Å². The number of carboxylic acids is 1. The second-order valence-electron chi connectivity index (χ2n) is 3.89. The number of carboxylic acid groups (broad SMARTS) is 1. The lowest BCUT2D eigenvalue weighted by Crippen LogP contribution is -2.49. The third kappa shape index (κ3) is 1.81. The zero-order chi connectivity index (χ0) is 10.8. The molecule has 2 atom stereocenters. The summed E-state index contributed by atoms with van der Waals surface area (Å²) in [7, 11) is 1.52. The fraction of sp³-hybridized carbons (Fsp3) is 0.778. The van der Waals surface area contributed by atoms with Gasteiger partial charge >= 0.3 is 12.0 Å². The predicted molar refractivity (Wildman–Crippen MR) is 51.0 cm³/mol. The Morgan fingerprint density at radius 1 is 1.50 bits per heavy atom. The minimum Gasteiger partial charge on any atom is -0.481 e. The maximum atomic E-state index is 11.1. The first-order valence-corrected chi connectivity index (χ1v) is 4.72. The summed E-state index contributed by atoms with van der Waals surface area (Å²) in [4.78, 5) is 22.1. The number of nitrogens with one attached hydrogen (secondary N) is 2. The van der Waals surface area contributed by atoms with E-state index in [1.165, 1.54) is 7.05 Å². The van der Waals surface area contributed by atoms with Crippen LogP contribution in [0, 0.1) is 5.41 Å². The number of carbonyl (C=O) groups excluding carboxylic acids is 1. The molecule has 0 aromatic heterocycles. The molecule has 1 aliphatic rings. The first kappa shape index (κ1) is 10.8. The fourth-order valence-electron chi connectivity index (χ4n) is 1.88. The average molecular weight is 200 g/mol. The Bertz CT molecular complexity index is 254. The Kier molecular flexibility index (Phi) is 2.98. The average Bonchev–Trinajstić information content (AvgIpc) is 2.49. The predicted octanol–water partition coefficient (Wildman–Crippen LogP) is 0.559. The molecule has 14 heavy (non-hydrogen) atoms. The highest BCUT2D eigenvalue weighted by atomic mass is 16.4. The van der Waals surface area contributed by atoms with Crippen LogP contribution in [0.1, 0.15) is 26.2 Å². The topological polar surface area (TPSA) is 78.4 Å². The van der Waals surface area contributed by atoms with Crippen LogP contribution in [0.25, 0.3) is 0 Å². The van der Waals surface area contributed by atoms with E-state index in [-0.39, 0.29) is 12.1 Å². The summed E-state index contributed by atoms with van der Waals surface area (Å²) >= 11 is 0. The molecule has 1 fully saturated rings. The van der Waals surface area contributed by atoms with Crippen molar-refractivity contribution < 1.29 is 14.7 Å². The van der Waals surface area contributed by atoms with Crippen molar-refractivity contribution in [1.82, 2.24) is 10.6 Å². The molecule has 0 spiro atoms. The van der Waals surface area contributed by atoms with Crippen molar-refractivity contribution in [2.45, 2.75) is 32.2 Å². The zero-order valence-corrected chi connectivity index (χ0v) is 8.46. The Morgan fingerprint density at radius 2 is 2.14 bits per heavy atom. The molecule has 80 valence electrons. The van der Waals surface area contributed by atoms with Gasteiger partial charge in [0.15, 0.2) is 0 Å². The molecule has 1 saturated carbocycles. The molecule has 0 heterocycles. The van der Waals surface area contributed by atoms with Gasteiger partial charge in [-0.15, -0.1) is 0 Å². The number of amides is 2. The van der Waals surface area contributed by atoms with Crippen molar-refractivity contribution in [1.29, 1.82) is 0 Å². The number of rotatable bonds is 2. The number of hydrogen-bond acceptors (Lipinski definition) is 2. The van der Waals surface area contributed by atoms with Crippen LogP contribution in [-0.4, -0.2) is 30.2 Å². The molecule has 1 aliphatic carbocycles. The van der Waals surface area contributed by atoms with Crippen molar-refractivity contribution in [2.75, 3.05) is 7.05 Å². The van der Waals surface area contributed by atoms with E-state index in [0.717, 1.165) is 12.8 Å². The first-order chi connectivity index (χ1) is 6.50. The number of urea groups is 1. The van der Waals surface area contributed by atoms with E-state index >= 15 is 0 Å². The van der Waals surface area contributed by atoms with Gasteiger partial charge in [-0.25, -0.2) is 4.79 Å². The number of aliphatic carboxylic acids is 1. The second kappa shape index (κ2) is 3.86. The van der Waals surface area contributed by atoms with Crippen LogP contribution in [-0.2, 0) is 4.79 Å². The number of hydrogen-bond donors (Lipinski definition) is 3. The SMILES string of the molecule is CNC(=O)NC1CCCC1(C)C(=O)O. The van der Waals surface area contributed by atoms with E-state index in [1.807, 2.05) is 0 Å². The van der Waals surface area contributed by atoms with Gasteiger partial charge in [-0.05, 0) is 19.8 Å². The minimum absolute atomic E-state index is 0.264. The molecule has 0 aliphatic heterocycles. The van der Waals surface area contributed by atoms with E-state index in [0.29, 0.717) is 6.42 Å². The molecule has 0 aromatic carbocycles. The van der Waals surface area contributed by atoms with Gasteiger partial charge in [0.05, 0.1) is 5.41 Å². The molecule has 0 radical (unpaired) electrons. The largest absolute Gasteiger partial charge is 0.481 e. The summed E-state index contributed by atoms with van der Waals surface area (Å²) in [5.41, 5.74) is -0.813. The normalized spacial score (nSPS) is 31.1. The van der Waals surface area contributed by atoms with Crippen LogP contribution >= 0.6 is 0 Å². The van der Waals surface area contributed by atoms with Crippen LogP contribution in [0.3, 0.4) is 0 Å². The molecule has 5 nitrogen and oxygen atoms in total. The third-order valence-corrected chi connectivity index (χ3v) is 2.98. The van der Waals surface area contributed by atoms with Crippen LogP contribution in [0.2, 0.25) is 0 Å². The van der Waals surface area contributed by atoms with Gasteiger partial charge in [0, 0.05) is 13.1 Å². The van der Waals surface area contributed by atoms with Gasteiger partial charge < -0.3 is 15.7 Å². The molecular weight excluding hydrogens is 184 g/mol. The van der Waals surface area contributed by atoms with Crippen molar-refractivity contribution >= 4 is 12.0 Å². The highest BCUT2D eigenvalue weighted by molar-refractivity contribution is 5.79. The maximum Gasteiger partial charge on any atom is 0.314 e. The molecule has 0 aromatic rings. The summed E-state index contributed by atoms with van der Waals surface area (Å²) in [6.45, 7) is 1.68. The van der Waals surface area contributed by atoms with Crippen LogP contribution < -0.4 is 10.6 Å². The summed E-state index contributed by atoms with van der Waals surface area (Å²) in [6, 6.07) is -0.579. The molecule has 5 heteroatoms. The fourth-order valence-corrected chi connectivity index (χ4v) is 1.88. The Labute approximate surface area is 82.9 Å². The third-order valence-electron chi connectivity index (χ3n) is 2.98. The smallest absolute Gasteiger partial charge is 0.314 e. The molecule has 0 bridgehead atoms.